The topological polar surface area (TPSA) is 12.0 Å². The van der Waals surface area contributed by atoms with Crippen molar-refractivity contribution in [3.63, 3.8) is 0 Å². The van der Waals surface area contributed by atoms with Gasteiger partial charge in [0.1, 0.15) is 0 Å². The second kappa shape index (κ2) is 4.75. The number of halogens is 1. The minimum Gasteiger partial charge on any atom is -0.381 e. The van der Waals surface area contributed by atoms with Crippen LogP contribution in [-0.4, -0.2) is 17.0 Å². The lowest BCUT2D eigenvalue weighted by atomic mass is 10.1. The molecule has 1 aromatic carbocycles. The highest BCUT2D eigenvalue weighted by Crippen LogP contribution is 2.29. The lowest BCUT2D eigenvalue weighted by molar-refractivity contribution is 0.724. The third-order valence-electron chi connectivity index (χ3n) is 2.55. The second-order valence-corrected chi connectivity index (χ2v) is 6.36. The summed E-state index contributed by atoms with van der Waals surface area (Å²) < 4.78 is 1.30. The zero-order valence-electron chi connectivity index (χ0n) is 8.16. The standard InChI is InChI=1S/C11H14INS/c1-8-11(5-6-14-8)13-10-4-2-3-9(12)7-10/h2-4,7-8,11,13H,5-6H2,1H3. The molecule has 1 aliphatic heterocycles. The minimum absolute atomic E-state index is 0.651. The molecule has 0 radical (unpaired) electrons. The summed E-state index contributed by atoms with van der Waals surface area (Å²) in [6, 6.07) is 9.24. The molecule has 1 heterocycles. The van der Waals surface area contributed by atoms with Crippen molar-refractivity contribution < 1.29 is 0 Å². The summed E-state index contributed by atoms with van der Waals surface area (Å²) in [5, 5.41) is 4.35. The summed E-state index contributed by atoms with van der Waals surface area (Å²) in [5.41, 5.74) is 1.26. The molecule has 1 fully saturated rings. The second-order valence-electron chi connectivity index (χ2n) is 3.63. The number of rotatable bonds is 2. The zero-order valence-corrected chi connectivity index (χ0v) is 11.1. The van der Waals surface area contributed by atoms with Gasteiger partial charge in [-0.25, -0.2) is 0 Å². The monoisotopic (exact) mass is 319 g/mol. The summed E-state index contributed by atoms with van der Waals surface area (Å²) in [7, 11) is 0. The summed E-state index contributed by atoms with van der Waals surface area (Å²) >= 11 is 4.42. The lowest BCUT2D eigenvalue weighted by Gasteiger charge is -2.17. The molecule has 3 heteroatoms. The Balaban J connectivity index is 2.03. The largest absolute Gasteiger partial charge is 0.381 e. The Labute approximate surface area is 103 Å². The van der Waals surface area contributed by atoms with Crippen LogP contribution in [0.4, 0.5) is 5.69 Å². The molecular weight excluding hydrogens is 305 g/mol. The molecule has 0 aromatic heterocycles. The highest BCUT2D eigenvalue weighted by atomic mass is 127. The van der Waals surface area contributed by atoms with Crippen LogP contribution in [0.5, 0.6) is 0 Å². The first-order valence-electron chi connectivity index (χ1n) is 4.89. The Bertz CT molecular complexity index is 316. The van der Waals surface area contributed by atoms with Crippen LogP contribution >= 0.6 is 34.4 Å². The summed E-state index contributed by atoms with van der Waals surface area (Å²) in [5.74, 6) is 1.29. The van der Waals surface area contributed by atoms with Crippen molar-refractivity contribution in [2.24, 2.45) is 0 Å². The number of nitrogens with one attached hydrogen (secondary N) is 1. The maximum Gasteiger partial charge on any atom is 0.0385 e. The molecular formula is C11H14INS. The van der Waals surface area contributed by atoms with E-state index in [2.05, 4.69) is 70.9 Å². The van der Waals surface area contributed by atoms with Crippen molar-refractivity contribution in [2.75, 3.05) is 11.1 Å². The van der Waals surface area contributed by atoms with Crippen molar-refractivity contribution in [3.8, 4) is 0 Å². The summed E-state index contributed by atoms with van der Waals surface area (Å²) in [6.45, 7) is 2.31. The molecule has 0 amide bonds. The van der Waals surface area contributed by atoms with Crippen molar-refractivity contribution >= 4 is 40.0 Å². The first-order valence-corrected chi connectivity index (χ1v) is 7.02. The Morgan fingerprint density at radius 3 is 3.00 bits per heavy atom. The van der Waals surface area contributed by atoms with E-state index in [0.717, 1.165) is 5.25 Å². The van der Waals surface area contributed by atoms with Crippen LogP contribution in [0.3, 0.4) is 0 Å². The van der Waals surface area contributed by atoms with Gasteiger partial charge in [-0.3, -0.25) is 0 Å². The summed E-state index contributed by atoms with van der Waals surface area (Å²) in [4.78, 5) is 0. The van der Waals surface area contributed by atoms with Gasteiger partial charge in [0.15, 0.2) is 0 Å². The van der Waals surface area contributed by atoms with Crippen LogP contribution in [0.2, 0.25) is 0 Å². The molecule has 2 unspecified atom stereocenters. The highest BCUT2D eigenvalue weighted by Gasteiger charge is 2.23. The van der Waals surface area contributed by atoms with Crippen molar-refractivity contribution in [1.29, 1.82) is 0 Å². The van der Waals surface area contributed by atoms with E-state index < -0.39 is 0 Å². The maximum absolute atomic E-state index is 3.61. The van der Waals surface area contributed by atoms with Gasteiger partial charge in [-0.05, 0) is 53.0 Å². The molecule has 0 bridgehead atoms. The highest BCUT2D eigenvalue weighted by molar-refractivity contribution is 14.1. The van der Waals surface area contributed by atoms with Crippen LogP contribution < -0.4 is 5.32 Å². The smallest absolute Gasteiger partial charge is 0.0385 e. The average molecular weight is 319 g/mol. The van der Waals surface area contributed by atoms with Gasteiger partial charge < -0.3 is 5.32 Å². The van der Waals surface area contributed by atoms with Crippen LogP contribution in [0, 0.1) is 3.57 Å². The fourth-order valence-corrected chi connectivity index (χ4v) is 3.45. The predicted molar refractivity (Wildman–Crippen MR) is 73.1 cm³/mol. The lowest BCUT2D eigenvalue weighted by Crippen LogP contribution is -2.24. The van der Waals surface area contributed by atoms with Gasteiger partial charge in [0.25, 0.3) is 0 Å². The Morgan fingerprint density at radius 1 is 1.50 bits per heavy atom. The number of benzene rings is 1. The molecule has 1 nitrogen and oxygen atoms in total. The maximum atomic E-state index is 3.61. The molecule has 0 saturated carbocycles. The molecule has 14 heavy (non-hydrogen) atoms. The average Bonchev–Trinajstić information content (AvgIpc) is 2.52. The van der Waals surface area contributed by atoms with Crippen LogP contribution in [0.1, 0.15) is 13.3 Å². The van der Waals surface area contributed by atoms with Gasteiger partial charge in [0.2, 0.25) is 0 Å². The van der Waals surface area contributed by atoms with E-state index in [-0.39, 0.29) is 0 Å². The van der Waals surface area contributed by atoms with Gasteiger partial charge in [-0.2, -0.15) is 11.8 Å². The van der Waals surface area contributed by atoms with E-state index in [1.165, 1.54) is 21.4 Å². The molecule has 2 atom stereocenters. The van der Waals surface area contributed by atoms with E-state index >= 15 is 0 Å². The van der Waals surface area contributed by atoms with Gasteiger partial charge in [-0.1, -0.05) is 13.0 Å². The van der Waals surface area contributed by atoms with Crippen molar-refractivity contribution in [3.05, 3.63) is 27.8 Å². The van der Waals surface area contributed by atoms with Crippen molar-refractivity contribution in [1.82, 2.24) is 0 Å². The fourth-order valence-electron chi connectivity index (χ4n) is 1.71. The Morgan fingerprint density at radius 2 is 2.36 bits per heavy atom. The SMILES string of the molecule is CC1SCCC1Nc1cccc(I)c1. The van der Waals surface area contributed by atoms with Gasteiger partial charge in [0, 0.05) is 20.5 Å². The number of anilines is 1. The van der Waals surface area contributed by atoms with Crippen LogP contribution in [0.25, 0.3) is 0 Å². The zero-order chi connectivity index (χ0) is 9.97. The normalized spacial score (nSPS) is 26.4. The van der Waals surface area contributed by atoms with Crippen LogP contribution in [0.15, 0.2) is 24.3 Å². The molecule has 1 N–H and O–H groups in total. The van der Waals surface area contributed by atoms with Crippen molar-refractivity contribution in [2.45, 2.75) is 24.6 Å². The number of thioether (sulfide) groups is 1. The molecule has 2 rings (SSSR count). The van der Waals surface area contributed by atoms with Gasteiger partial charge in [-0.15, -0.1) is 0 Å². The molecule has 76 valence electrons. The molecule has 0 aliphatic carbocycles. The van der Waals surface area contributed by atoms with Gasteiger partial charge in [0.05, 0.1) is 0 Å². The molecule has 0 spiro atoms. The fraction of sp³-hybridized carbons (Fsp3) is 0.455. The van der Waals surface area contributed by atoms with E-state index in [1.807, 2.05) is 0 Å². The first kappa shape index (κ1) is 10.6. The van der Waals surface area contributed by atoms with Crippen LogP contribution in [-0.2, 0) is 0 Å². The Kier molecular flexibility index (Phi) is 3.60. The molecule has 1 aromatic rings. The Hall–Kier alpha value is 0.100. The number of hydrogen-bond donors (Lipinski definition) is 1. The quantitative estimate of drug-likeness (QED) is 0.836. The molecule has 1 saturated heterocycles. The number of hydrogen-bond acceptors (Lipinski definition) is 2. The summed E-state index contributed by atoms with van der Waals surface area (Å²) in [6.07, 6.45) is 1.29. The van der Waals surface area contributed by atoms with E-state index in [9.17, 15) is 0 Å². The third kappa shape index (κ3) is 2.57. The third-order valence-corrected chi connectivity index (χ3v) is 4.55. The minimum atomic E-state index is 0.651. The molecule has 1 aliphatic rings. The van der Waals surface area contributed by atoms with Gasteiger partial charge >= 0.3 is 0 Å². The van der Waals surface area contributed by atoms with E-state index in [0.29, 0.717) is 6.04 Å². The first-order chi connectivity index (χ1) is 6.75. The predicted octanol–water partition coefficient (Wildman–Crippen LogP) is 3.60. The van der Waals surface area contributed by atoms with E-state index in [4.69, 9.17) is 0 Å². The van der Waals surface area contributed by atoms with E-state index in [1.54, 1.807) is 0 Å².